The van der Waals surface area contributed by atoms with Crippen LogP contribution in [0.5, 0.6) is 0 Å². The zero-order valence-electron chi connectivity index (χ0n) is 18.0. The van der Waals surface area contributed by atoms with Gasteiger partial charge in [0.15, 0.2) is 5.96 Å². The van der Waals surface area contributed by atoms with E-state index in [0.717, 1.165) is 64.7 Å². The van der Waals surface area contributed by atoms with Crippen LogP contribution in [0.3, 0.4) is 0 Å². The van der Waals surface area contributed by atoms with Crippen LogP contribution in [-0.4, -0.2) is 74.6 Å². The number of rotatable bonds is 11. The molecule has 3 N–H and O–H groups in total. The van der Waals surface area contributed by atoms with Gasteiger partial charge in [0.1, 0.15) is 0 Å². The highest BCUT2D eigenvalue weighted by atomic mass is 127. The number of aliphatic hydroxyl groups is 1. The Hall–Kier alpha value is -0.120. The minimum absolute atomic E-state index is 0. The number of hydrogen-bond acceptors (Lipinski definition) is 4. The lowest BCUT2D eigenvalue weighted by Crippen LogP contribution is -2.52. The van der Waals surface area contributed by atoms with Crippen molar-refractivity contribution in [3.63, 3.8) is 0 Å². The summed E-state index contributed by atoms with van der Waals surface area (Å²) in [4.78, 5) is 7.33. The summed E-state index contributed by atoms with van der Waals surface area (Å²) in [6, 6.07) is 0.478. The van der Waals surface area contributed by atoms with Crippen molar-refractivity contribution in [1.29, 1.82) is 0 Å². The number of guanidine groups is 1. The first-order valence-corrected chi connectivity index (χ1v) is 10.4. The van der Waals surface area contributed by atoms with Gasteiger partial charge in [0.25, 0.3) is 0 Å². The highest BCUT2D eigenvalue weighted by molar-refractivity contribution is 14.0. The van der Waals surface area contributed by atoms with E-state index in [1.54, 1.807) is 0 Å². The highest BCUT2D eigenvalue weighted by Gasteiger charge is 2.24. The van der Waals surface area contributed by atoms with Gasteiger partial charge < -0.3 is 20.5 Å². The Kier molecular flexibility index (Phi) is 15.7. The van der Waals surface area contributed by atoms with E-state index >= 15 is 0 Å². The van der Waals surface area contributed by atoms with E-state index in [2.05, 4.69) is 50.2 Å². The second-order valence-electron chi connectivity index (χ2n) is 8.07. The van der Waals surface area contributed by atoms with Crippen molar-refractivity contribution in [1.82, 2.24) is 15.5 Å². The molecule has 1 heterocycles. The Balaban J connectivity index is 0.00000676. The van der Waals surface area contributed by atoms with E-state index in [-0.39, 0.29) is 30.6 Å². The number of morpholine rings is 1. The second-order valence-corrected chi connectivity index (χ2v) is 8.07. The summed E-state index contributed by atoms with van der Waals surface area (Å²) in [6.45, 7) is 17.5. The van der Waals surface area contributed by atoms with Crippen LogP contribution in [0.4, 0.5) is 0 Å². The molecule has 0 radical (unpaired) electrons. The molecule has 1 rings (SSSR count). The Morgan fingerprint density at radius 1 is 1.15 bits per heavy atom. The average molecular weight is 498 g/mol. The smallest absolute Gasteiger partial charge is 0.191 e. The molecule has 2 atom stereocenters. The minimum atomic E-state index is 0. The fourth-order valence-electron chi connectivity index (χ4n) is 3.59. The Bertz CT molecular complexity index is 388. The molecular formula is C20H43IN4O2. The van der Waals surface area contributed by atoms with Gasteiger partial charge in [-0.05, 0) is 37.5 Å². The fourth-order valence-corrected chi connectivity index (χ4v) is 3.59. The zero-order valence-corrected chi connectivity index (χ0v) is 20.4. The summed E-state index contributed by atoms with van der Waals surface area (Å²) in [5, 5.41) is 16.2. The van der Waals surface area contributed by atoms with Crippen molar-refractivity contribution in [2.75, 3.05) is 52.5 Å². The number of nitrogens with zero attached hydrogens (tertiary/aromatic N) is 2. The molecule has 2 unspecified atom stereocenters. The molecule has 7 heteroatoms. The van der Waals surface area contributed by atoms with Gasteiger partial charge in [-0.3, -0.25) is 9.89 Å². The first kappa shape index (κ1) is 26.9. The van der Waals surface area contributed by atoms with Crippen LogP contribution >= 0.6 is 24.0 Å². The van der Waals surface area contributed by atoms with Crippen molar-refractivity contribution in [3.8, 4) is 0 Å². The number of aliphatic imine (C=N–C) groups is 1. The van der Waals surface area contributed by atoms with Crippen LogP contribution < -0.4 is 10.6 Å². The van der Waals surface area contributed by atoms with E-state index in [0.29, 0.717) is 23.8 Å². The number of halogens is 1. The van der Waals surface area contributed by atoms with Gasteiger partial charge in [-0.2, -0.15) is 0 Å². The minimum Gasteiger partial charge on any atom is -0.396 e. The quantitative estimate of drug-likeness (QED) is 0.232. The van der Waals surface area contributed by atoms with Gasteiger partial charge in [-0.25, -0.2) is 0 Å². The lowest BCUT2D eigenvalue weighted by atomic mass is 9.94. The predicted molar refractivity (Wildman–Crippen MR) is 125 cm³/mol. The molecule has 1 aliphatic heterocycles. The third-order valence-corrected chi connectivity index (χ3v) is 4.96. The average Bonchev–Trinajstić information content (AvgIpc) is 2.60. The van der Waals surface area contributed by atoms with E-state index < -0.39 is 0 Å². The van der Waals surface area contributed by atoms with Crippen molar-refractivity contribution in [2.24, 2.45) is 22.7 Å². The molecule has 0 aliphatic carbocycles. The standard InChI is InChI=1S/C20H42N4O2.HI/c1-6-21-20(22-14-18(7-10-25)13-16(2)3)23-15-19(17(4)5)24-8-11-26-12-9-24;/h16-19,25H,6-15H2,1-5H3,(H2,21,22,23);1H. The molecule has 1 fully saturated rings. The van der Waals surface area contributed by atoms with Gasteiger partial charge >= 0.3 is 0 Å². The summed E-state index contributed by atoms with van der Waals surface area (Å²) in [7, 11) is 0. The number of ether oxygens (including phenoxy) is 1. The summed E-state index contributed by atoms with van der Waals surface area (Å²) in [5.41, 5.74) is 0. The van der Waals surface area contributed by atoms with Crippen LogP contribution in [0.1, 0.15) is 47.5 Å². The van der Waals surface area contributed by atoms with Crippen molar-refractivity contribution in [3.05, 3.63) is 0 Å². The SMILES string of the molecule is CCNC(=NCC(CCO)CC(C)C)NCC(C(C)C)N1CCOCC1.I. The number of hydrogen-bond donors (Lipinski definition) is 3. The van der Waals surface area contributed by atoms with E-state index in [1.165, 1.54) is 0 Å². The molecule has 0 spiro atoms. The zero-order chi connectivity index (χ0) is 19.4. The van der Waals surface area contributed by atoms with Crippen molar-refractivity contribution in [2.45, 2.75) is 53.5 Å². The van der Waals surface area contributed by atoms with Crippen molar-refractivity contribution >= 4 is 29.9 Å². The van der Waals surface area contributed by atoms with E-state index in [4.69, 9.17) is 9.73 Å². The summed E-state index contributed by atoms with van der Waals surface area (Å²) < 4.78 is 5.49. The molecule has 1 saturated heterocycles. The normalized spacial score (nSPS) is 18.3. The first-order chi connectivity index (χ1) is 12.5. The van der Waals surface area contributed by atoms with E-state index in [1.807, 2.05) is 0 Å². The maximum Gasteiger partial charge on any atom is 0.191 e. The first-order valence-electron chi connectivity index (χ1n) is 10.4. The van der Waals surface area contributed by atoms with Crippen LogP contribution in [0, 0.1) is 17.8 Å². The fraction of sp³-hybridized carbons (Fsp3) is 0.950. The molecule has 0 aromatic heterocycles. The molecule has 162 valence electrons. The Morgan fingerprint density at radius 3 is 2.33 bits per heavy atom. The molecular weight excluding hydrogens is 455 g/mol. The van der Waals surface area contributed by atoms with Crippen LogP contribution in [0.2, 0.25) is 0 Å². The molecule has 0 bridgehead atoms. The van der Waals surface area contributed by atoms with Gasteiger partial charge in [-0.1, -0.05) is 27.7 Å². The van der Waals surface area contributed by atoms with Crippen LogP contribution in [0.15, 0.2) is 4.99 Å². The monoisotopic (exact) mass is 498 g/mol. The Morgan fingerprint density at radius 2 is 1.81 bits per heavy atom. The second kappa shape index (κ2) is 15.8. The lowest BCUT2D eigenvalue weighted by molar-refractivity contribution is 0.00752. The van der Waals surface area contributed by atoms with Gasteiger partial charge in [0, 0.05) is 45.4 Å². The largest absolute Gasteiger partial charge is 0.396 e. The summed E-state index contributed by atoms with van der Waals surface area (Å²) >= 11 is 0. The summed E-state index contributed by atoms with van der Waals surface area (Å²) in [5.74, 6) is 2.53. The highest BCUT2D eigenvalue weighted by Crippen LogP contribution is 2.16. The number of nitrogens with one attached hydrogen (secondary N) is 2. The molecule has 0 saturated carbocycles. The maximum absolute atomic E-state index is 9.30. The molecule has 0 amide bonds. The molecule has 0 aromatic rings. The lowest BCUT2D eigenvalue weighted by Gasteiger charge is -2.37. The molecule has 6 nitrogen and oxygen atoms in total. The van der Waals surface area contributed by atoms with Crippen LogP contribution in [0.25, 0.3) is 0 Å². The third kappa shape index (κ3) is 11.5. The number of aliphatic hydroxyl groups excluding tert-OH is 1. The molecule has 27 heavy (non-hydrogen) atoms. The molecule has 1 aliphatic rings. The summed E-state index contributed by atoms with van der Waals surface area (Å²) in [6.07, 6.45) is 1.93. The van der Waals surface area contributed by atoms with E-state index in [9.17, 15) is 5.11 Å². The van der Waals surface area contributed by atoms with Gasteiger partial charge in [-0.15, -0.1) is 24.0 Å². The van der Waals surface area contributed by atoms with Gasteiger partial charge in [0.2, 0.25) is 0 Å². The third-order valence-electron chi connectivity index (χ3n) is 4.96. The maximum atomic E-state index is 9.30. The molecule has 0 aromatic carbocycles. The topological polar surface area (TPSA) is 69.1 Å². The van der Waals surface area contributed by atoms with Crippen LogP contribution in [-0.2, 0) is 4.74 Å². The van der Waals surface area contributed by atoms with Gasteiger partial charge in [0.05, 0.1) is 13.2 Å². The Labute approximate surface area is 183 Å². The predicted octanol–water partition coefficient (Wildman–Crippen LogP) is 2.56. The van der Waals surface area contributed by atoms with Crippen molar-refractivity contribution < 1.29 is 9.84 Å².